The molecule has 1 aromatic heterocycles. The highest BCUT2D eigenvalue weighted by molar-refractivity contribution is 5.59. The number of hydrogen-bond acceptors (Lipinski definition) is 7. The first kappa shape index (κ1) is 19.0. The Morgan fingerprint density at radius 1 is 1.12 bits per heavy atom. The van der Waals surface area contributed by atoms with E-state index in [1.54, 1.807) is 7.11 Å². The van der Waals surface area contributed by atoms with Gasteiger partial charge in [0.15, 0.2) is 0 Å². The highest BCUT2D eigenvalue weighted by Crippen LogP contribution is 2.29. The number of aromatic nitrogens is 2. The van der Waals surface area contributed by atoms with E-state index in [9.17, 15) is 0 Å². The van der Waals surface area contributed by atoms with Crippen LogP contribution in [0.3, 0.4) is 0 Å². The van der Waals surface area contributed by atoms with E-state index < -0.39 is 0 Å². The Morgan fingerprint density at radius 2 is 1.92 bits per heavy atom. The normalized spacial score (nSPS) is 11.9. The molecule has 1 aromatic carbocycles. The number of rotatable bonds is 9. The lowest BCUT2D eigenvalue weighted by Crippen LogP contribution is -2.27. The van der Waals surface area contributed by atoms with Crippen LogP contribution in [0.25, 0.3) is 0 Å². The van der Waals surface area contributed by atoms with Crippen LogP contribution < -0.4 is 26.0 Å². The third-order valence-electron chi connectivity index (χ3n) is 3.89. The molecule has 0 amide bonds. The van der Waals surface area contributed by atoms with E-state index in [1.807, 2.05) is 39.2 Å². The first-order chi connectivity index (χ1) is 12.1. The van der Waals surface area contributed by atoms with Gasteiger partial charge in [-0.25, -0.2) is 4.98 Å². The van der Waals surface area contributed by atoms with Crippen LogP contribution in [0.15, 0.2) is 24.3 Å². The fourth-order valence-electron chi connectivity index (χ4n) is 2.56. The number of benzene rings is 1. The number of likely N-dealkylation sites (N-methyl/N-ethyl adjacent to an activating group) is 1. The average Bonchev–Trinajstić information content (AvgIpc) is 2.61. The van der Waals surface area contributed by atoms with Gasteiger partial charge in [-0.2, -0.15) is 4.98 Å². The van der Waals surface area contributed by atoms with E-state index in [0.717, 1.165) is 41.6 Å². The molecule has 7 heteroatoms. The zero-order valence-electron chi connectivity index (χ0n) is 15.6. The fraction of sp³-hybridized carbons (Fsp3) is 0.444. The number of methoxy groups -OCH3 is 1. The number of nitrogens with one attached hydrogen (secondary N) is 4. The molecule has 0 saturated heterocycles. The molecule has 0 spiro atoms. The Hall–Kier alpha value is -2.38. The van der Waals surface area contributed by atoms with Crippen molar-refractivity contribution in [2.24, 2.45) is 0 Å². The van der Waals surface area contributed by atoms with Gasteiger partial charge in [-0.3, -0.25) is 0 Å². The summed E-state index contributed by atoms with van der Waals surface area (Å²) in [5, 5.41) is 12.9. The van der Waals surface area contributed by atoms with E-state index in [0.29, 0.717) is 5.95 Å². The molecular weight excluding hydrogens is 316 g/mol. The lowest BCUT2D eigenvalue weighted by molar-refractivity contribution is 0.402. The van der Waals surface area contributed by atoms with Crippen molar-refractivity contribution in [2.45, 2.75) is 19.9 Å². The van der Waals surface area contributed by atoms with Gasteiger partial charge in [0.2, 0.25) is 5.95 Å². The Bertz CT molecular complexity index is 691. The molecule has 1 atom stereocenters. The molecule has 2 rings (SSSR count). The number of ether oxygens (including phenoxy) is 1. The predicted molar refractivity (Wildman–Crippen MR) is 103 cm³/mol. The molecular formula is C18H28N6O. The van der Waals surface area contributed by atoms with E-state index in [-0.39, 0.29) is 6.04 Å². The Kier molecular flexibility index (Phi) is 6.97. The van der Waals surface area contributed by atoms with Gasteiger partial charge < -0.3 is 26.0 Å². The minimum Gasteiger partial charge on any atom is -0.496 e. The van der Waals surface area contributed by atoms with Crippen LogP contribution in [0.1, 0.15) is 24.2 Å². The molecule has 0 radical (unpaired) electrons. The van der Waals surface area contributed by atoms with Crippen molar-refractivity contribution in [2.75, 3.05) is 44.9 Å². The van der Waals surface area contributed by atoms with Gasteiger partial charge in [0, 0.05) is 49.2 Å². The minimum atomic E-state index is 0.163. The van der Waals surface area contributed by atoms with Gasteiger partial charge in [0.05, 0.1) is 7.11 Å². The van der Waals surface area contributed by atoms with Crippen molar-refractivity contribution >= 4 is 17.5 Å². The molecule has 0 unspecified atom stereocenters. The van der Waals surface area contributed by atoms with Gasteiger partial charge >= 0.3 is 0 Å². The standard InChI is InChI=1S/C18H28N6O/c1-12-10-17(20-4)24-18(22-12)23-14-6-7-16(25-5)15(11-14)13(2)21-9-8-19-3/h6-7,10-11,13,19,21H,8-9H2,1-5H3,(H2,20,22,23,24)/t13-/m0/s1. The number of hydrogen-bond donors (Lipinski definition) is 4. The van der Waals surface area contributed by atoms with Crippen molar-refractivity contribution in [1.29, 1.82) is 0 Å². The highest BCUT2D eigenvalue weighted by atomic mass is 16.5. The number of anilines is 3. The molecule has 0 aliphatic carbocycles. The van der Waals surface area contributed by atoms with Crippen LogP contribution in [0.5, 0.6) is 5.75 Å². The summed E-state index contributed by atoms with van der Waals surface area (Å²) in [4.78, 5) is 8.87. The first-order valence-electron chi connectivity index (χ1n) is 8.43. The molecule has 1 heterocycles. The number of nitrogens with zero attached hydrogens (tertiary/aromatic N) is 2. The van der Waals surface area contributed by atoms with Gasteiger partial charge in [-0.05, 0) is 39.1 Å². The van der Waals surface area contributed by atoms with Crippen molar-refractivity contribution < 1.29 is 4.74 Å². The maximum Gasteiger partial charge on any atom is 0.229 e. The van der Waals surface area contributed by atoms with Gasteiger partial charge in [-0.15, -0.1) is 0 Å². The third kappa shape index (κ3) is 5.30. The summed E-state index contributed by atoms with van der Waals surface area (Å²) in [5.74, 6) is 2.21. The predicted octanol–water partition coefficient (Wildman–Crippen LogP) is 2.45. The third-order valence-corrected chi connectivity index (χ3v) is 3.89. The molecule has 7 nitrogen and oxygen atoms in total. The lowest BCUT2D eigenvalue weighted by atomic mass is 10.1. The summed E-state index contributed by atoms with van der Waals surface area (Å²) >= 11 is 0. The van der Waals surface area contributed by atoms with Gasteiger partial charge in [-0.1, -0.05) is 0 Å². The molecule has 25 heavy (non-hydrogen) atoms. The molecule has 2 aromatic rings. The average molecular weight is 344 g/mol. The van der Waals surface area contributed by atoms with Crippen molar-refractivity contribution in [3.8, 4) is 5.75 Å². The smallest absolute Gasteiger partial charge is 0.229 e. The van der Waals surface area contributed by atoms with E-state index in [4.69, 9.17) is 4.74 Å². The van der Waals surface area contributed by atoms with Crippen LogP contribution >= 0.6 is 0 Å². The minimum absolute atomic E-state index is 0.163. The molecule has 0 saturated carbocycles. The summed E-state index contributed by atoms with van der Waals surface area (Å²) in [5.41, 5.74) is 2.91. The van der Waals surface area contributed by atoms with E-state index >= 15 is 0 Å². The lowest BCUT2D eigenvalue weighted by Gasteiger charge is -2.19. The maximum absolute atomic E-state index is 5.51. The molecule has 4 N–H and O–H groups in total. The zero-order valence-corrected chi connectivity index (χ0v) is 15.6. The highest BCUT2D eigenvalue weighted by Gasteiger charge is 2.12. The quantitative estimate of drug-likeness (QED) is 0.520. The molecule has 0 aliphatic heterocycles. The summed E-state index contributed by atoms with van der Waals surface area (Å²) in [7, 11) is 5.48. The Balaban J connectivity index is 2.21. The second kappa shape index (κ2) is 9.19. The summed E-state index contributed by atoms with van der Waals surface area (Å²) in [6.07, 6.45) is 0. The summed E-state index contributed by atoms with van der Waals surface area (Å²) < 4.78 is 5.51. The molecule has 136 valence electrons. The van der Waals surface area contributed by atoms with Crippen LogP contribution in [0.2, 0.25) is 0 Å². The van der Waals surface area contributed by atoms with Crippen molar-refractivity contribution in [3.05, 3.63) is 35.5 Å². The topological polar surface area (TPSA) is 83.1 Å². The fourth-order valence-corrected chi connectivity index (χ4v) is 2.56. The van der Waals surface area contributed by atoms with Crippen LogP contribution in [-0.2, 0) is 0 Å². The van der Waals surface area contributed by atoms with Crippen LogP contribution in [0.4, 0.5) is 17.5 Å². The largest absolute Gasteiger partial charge is 0.496 e. The van der Waals surface area contributed by atoms with Gasteiger partial charge in [0.25, 0.3) is 0 Å². The van der Waals surface area contributed by atoms with E-state index in [2.05, 4.69) is 44.2 Å². The monoisotopic (exact) mass is 344 g/mol. The van der Waals surface area contributed by atoms with E-state index in [1.165, 1.54) is 0 Å². The SMILES string of the molecule is CNCCN[C@@H](C)c1cc(Nc2nc(C)cc(NC)n2)ccc1OC. The zero-order chi connectivity index (χ0) is 18.2. The molecule has 0 aliphatic rings. The van der Waals surface area contributed by atoms with Crippen molar-refractivity contribution in [3.63, 3.8) is 0 Å². The Morgan fingerprint density at radius 3 is 2.60 bits per heavy atom. The Labute approximate surface area is 149 Å². The second-order valence-corrected chi connectivity index (χ2v) is 5.83. The van der Waals surface area contributed by atoms with Gasteiger partial charge in [0.1, 0.15) is 11.6 Å². The first-order valence-corrected chi connectivity index (χ1v) is 8.43. The van der Waals surface area contributed by atoms with Crippen LogP contribution in [0, 0.1) is 6.92 Å². The maximum atomic E-state index is 5.51. The van der Waals surface area contributed by atoms with Crippen LogP contribution in [-0.4, -0.2) is 44.3 Å². The summed E-state index contributed by atoms with van der Waals surface area (Å²) in [6, 6.07) is 8.06. The van der Waals surface area contributed by atoms with Crippen molar-refractivity contribution in [1.82, 2.24) is 20.6 Å². The second-order valence-electron chi connectivity index (χ2n) is 5.83. The summed E-state index contributed by atoms with van der Waals surface area (Å²) in [6.45, 7) is 5.86. The number of aryl methyl sites for hydroxylation is 1. The molecule has 0 bridgehead atoms. The molecule has 0 fully saturated rings.